The van der Waals surface area contributed by atoms with Crippen LogP contribution >= 0.6 is 0 Å². The van der Waals surface area contributed by atoms with Gasteiger partial charge in [0.25, 0.3) is 0 Å². The number of rotatable bonds is 35. The molecular formula is C54H91O5Ti. The summed E-state index contributed by atoms with van der Waals surface area (Å²) in [6.07, 6.45) is 33.8. The molecule has 0 unspecified atom stereocenters. The molecule has 0 heterocycles. The second kappa shape index (κ2) is 34.5. The standard InChI is InChI=1S/C54H90O3.H2O.O.Ti/c1-43(2)36-30-25-21-17-13-9-11-15-19-23-27-34-40-48(55)51-47(45(5)6)42-50(57)53(54(7,8)46-38-32-29-33-39-46)52(51)49(56)41-35-28-24-20-16-12-10-14-18-22-26-31-37-44(3)4;;;/h29,32-33,38-39,42-45,57H,9-28,30-31,34-37,40-41H2,1-8H3;1H2;;/q;;;+1/p-1. The SMILES string of the molecule is CC(C)CCCCCCCCCCCCCCC(=O)c1c(C(C)C)cc(O)c(C(C)(C)c2ccccc2)c1C(=O)CCCCCCCCCCCCCCC(C)C.[O]=[Ti][OH]. The van der Waals surface area contributed by atoms with Crippen molar-refractivity contribution in [3.63, 3.8) is 0 Å². The Morgan fingerprint density at radius 1 is 0.533 bits per heavy atom. The van der Waals surface area contributed by atoms with E-state index in [4.69, 9.17) is 7.01 Å². The number of benzene rings is 2. The van der Waals surface area contributed by atoms with E-state index in [0.29, 0.717) is 29.5 Å². The van der Waals surface area contributed by atoms with Crippen LogP contribution in [0.15, 0.2) is 36.4 Å². The Labute approximate surface area is 379 Å². The second-order valence-corrected chi connectivity index (χ2v) is 19.8. The first-order chi connectivity index (χ1) is 28.8. The molecule has 0 amide bonds. The fourth-order valence-corrected chi connectivity index (χ4v) is 8.82. The first kappa shape index (κ1) is 56.1. The zero-order chi connectivity index (χ0) is 44.6. The number of carbonyl (C=O) groups is 2. The molecule has 2 aromatic carbocycles. The van der Waals surface area contributed by atoms with E-state index < -0.39 is 24.9 Å². The van der Waals surface area contributed by atoms with Gasteiger partial charge in [-0.1, -0.05) is 240 Å². The molecule has 0 aliphatic rings. The van der Waals surface area contributed by atoms with E-state index in [0.717, 1.165) is 61.5 Å². The van der Waals surface area contributed by atoms with Crippen LogP contribution in [0.3, 0.4) is 0 Å². The predicted molar refractivity (Wildman–Crippen MR) is 251 cm³/mol. The van der Waals surface area contributed by atoms with Gasteiger partial charge in [-0.05, 0) is 47.8 Å². The molecule has 0 bridgehead atoms. The summed E-state index contributed by atoms with van der Waals surface area (Å²) in [7, 11) is 0. The average molecular weight is 868 g/mol. The molecule has 0 spiro atoms. The third kappa shape index (κ3) is 24.0. The van der Waals surface area contributed by atoms with Crippen LogP contribution in [0.4, 0.5) is 0 Å². The van der Waals surface area contributed by atoms with Crippen LogP contribution in [0.25, 0.3) is 0 Å². The van der Waals surface area contributed by atoms with Gasteiger partial charge in [-0.15, -0.1) is 0 Å². The molecule has 5 nitrogen and oxygen atoms in total. The van der Waals surface area contributed by atoms with E-state index in [1.807, 2.05) is 18.2 Å². The third-order valence-corrected chi connectivity index (χ3v) is 12.5. The Kier molecular flexibility index (Phi) is 32.3. The fourth-order valence-electron chi connectivity index (χ4n) is 8.82. The Bertz CT molecular complexity index is 1410. The first-order valence-electron chi connectivity index (χ1n) is 24.8. The van der Waals surface area contributed by atoms with Crippen molar-refractivity contribution >= 4 is 11.6 Å². The number of Topliss-reactive ketones (excluding diaryl/α,β-unsaturated/α-hetero) is 2. The van der Waals surface area contributed by atoms with Gasteiger partial charge in [0.2, 0.25) is 0 Å². The van der Waals surface area contributed by atoms with Gasteiger partial charge in [-0.3, -0.25) is 9.59 Å². The number of hydrogen-bond donors (Lipinski definition) is 2. The first-order valence-corrected chi connectivity index (χ1v) is 26.2. The van der Waals surface area contributed by atoms with Crippen LogP contribution in [0.2, 0.25) is 0 Å². The van der Waals surface area contributed by atoms with Crippen molar-refractivity contribution in [1.29, 1.82) is 0 Å². The molecule has 2 aromatic rings. The van der Waals surface area contributed by atoms with Gasteiger partial charge < -0.3 is 5.11 Å². The van der Waals surface area contributed by atoms with Crippen LogP contribution < -0.4 is 0 Å². The zero-order valence-electron chi connectivity index (χ0n) is 40.1. The van der Waals surface area contributed by atoms with Gasteiger partial charge in [-0.25, -0.2) is 0 Å². The molecule has 6 heteroatoms. The van der Waals surface area contributed by atoms with E-state index in [-0.39, 0.29) is 23.2 Å². The summed E-state index contributed by atoms with van der Waals surface area (Å²) in [4.78, 5) is 28.8. The minimum absolute atomic E-state index is 0.0131. The Hall–Kier alpha value is -1.95. The number of unbranched alkanes of at least 4 members (excludes halogenated alkanes) is 22. The summed E-state index contributed by atoms with van der Waals surface area (Å²) < 4.78 is 15.8. The van der Waals surface area contributed by atoms with E-state index in [1.165, 1.54) is 128 Å². The molecule has 2 rings (SSSR count). The van der Waals surface area contributed by atoms with Crippen molar-refractivity contribution in [3.05, 3.63) is 64.2 Å². The van der Waals surface area contributed by atoms with Crippen molar-refractivity contribution < 1.29 is 41.2 Å². The van der Waals surface area contributed by atoms with Crippen molar-refractivity contribution in [2.45, 2.75) is 247 Å². The molecule has 2 N–H and O–H groups in total. The summed E-state index contributed by atoms with van der Waals surface area (Å²) in [6, 6.07) is 11.9. The quantitative estimate of drug-likeness (QED) is 0.0409. The summed E-state index contributed by atoms with van der Waals surface area (Å²) in [5.41, 5.74) is 2.87. The van der Waals surface area contributed by atoms with E-state index in [2.05, 4.69) is 67.5 Å². The van der Waals surface area contributed by atoms with Gasteiger partial charge in [0, 0.05) is 34.9 Å². The van der Waals surface area contributed by atoms with E-state index in [1.54, 1.807) is 6.07 Å². The summed E-state index contributed by atoms with van der Waals surface area (Å²) in [6.45, 7) is 17.6. The molecule has 0 atom stereocenters. The van der Waals surface area contributed by atoms with E-state index in [9.17, 15) is 14.7 Å². The van der Waals surface area contributed by atoms with Gasteiger partial charge in [-0.2, -0.15) is 0 Å². The van der Waals surface area contributed by atoms with Crippen LogP contribution in [0.5, 0.6) is 5.75 Å². The number of phenolic OH excluding ortho intramolecular Hbond substituents is 1. The normalized spacial score (nSPS) is 11.6. The summed E-state index contributed by atoms with van der Waals surface area (Å²) >= 11 is -1.75. The molecule has 0 radical (unpaired) electrons. The van der Waals surface area contributed by atoms with Crippen LogP contribution in [0, 0.1) is 11.8 Å². The third-order valence-electron chi connectivity index (χ3n) is 12.5. The maximum absolute atomic E-state index is 14.5. The molecule has 0 saturated carbocycles. The number of aromatic hydroxyl groups is 1. The number of ketones is 2. The van der Waals surface area contributed by atoms with Crippen molar-refractivity contribution in [3.8, 4) is 5.75 Å². The fraction of sp³-hybridized carbons (Fsp3) is 0.741. The molecule has 0 aliphatic heterocycles. The zero-order valence-corrected chi connectivity index (χ0v) is 41.7. The van der Waals surface area contributed by atoms with Crippen LogP contribution in [0.1, 0.15) is 278 Å². The van der Waals surface area contributed by atoms with Crippen molar-refractivity contribution in [2.75, 3.05) is 0 Å². The molecular weight excluding hydrogens is 776 g/mol. The molecule has 0 saturated heterocycles. The van der Waals surface area contributed by atoms with Crippen LogP contribution in [-0.2, 0) is 28.2 Å². The average Bonchev–Trinajstić information content (AvgIpc) is 3.20. The van der Waals surface area contributed by atoms with Gasteiger partial charge in [0.05, 0.1) is 0 Å². The summed E-state index contributed by atoms with van der Waals surface area (Å²) in [5, 5.41) is 11.7. The van der Waals surface area contributed by atoms with Crippen molar-refractivity contribution in [1.82, 2.24) is 0 Å². The van der Waals surface area contributed by atoms with Crippen molar-refractivity contribution in [2.24, 2.45) is 11.8 Å². The Balaban J connectivity index is 0.00000581. The molecule has 341 valence electrons. The van der Waals surface area contributed by atoms with E-state index >= 15 is 0 Å². The molecule has 0 fully saturated rings. The molecule has 60 heavy (non-hydrogen) atoms. The number of phenols is 1. The monoisotopic (exact) mass is 868 g/mol. The molecule has 0 aliphatic carbocycles. The number of carbonyl (C=O) groups excluding carboxylic acids is 2. The van der Waals surface area contributed by atoms with Crippen LogP contribution in [-0.4, -0.2) is 20.4 Å². The minimum atomic E-state index is -1.75. The maximum atomic E-state index is 14.5. The molecule has 0 aromatic heterocycles. The predicted octanol–water partition coefficient (Wildman–Crippen LogP) is 16.8. The Morgan fingerprint density at radius 3 is 1.18 bits per heavy atom. The van der Waals surface area contributed by atoms with Gasteiger partial charge in [0.1, 0.15) is 5.75 Å². The second-order valence-electron chi connectivity index (χ2n) is 19.5. The van der Waals surface area contributed by atoms with Gasteiger partial charge in [0.15, 0.2) is 11.6 Å². The summed E-state index contributed by atoms with van der Waals surface area (Å²) in [5.74, 6) is 1.89. The topological polar surface area (TPSA) is 91.7 Å². The number of hydrogen-bond acceptors (Lipinski definition) is 4. The Morgan fingerprint density at radius 2 is 0.850 bits per heavy atom. The van der Waals surface area contributed by atoms with Gasteiger partial charge >= 0.3 is 26.5 Å².